The number of aryl methyl sites for hydroxylation is 2. The van der Waals surface area contributed by atoms with Crippen LogP contribution in [-0.2, 0) is 16.6 Å². The van der Waals surface area contributed by atoms with Crippen molar-refractivity contribution in [3.63, 3.8) is 0 Å². The van der Waals surface area contributed by atoms with Crippen LogP contribution in [0.25, 0.3) is 10.8 Å². The second-order valence-electron chi connectivity index (χ2n) is 7.38. The number of Topliss-reactive ketones (excluding diaryl/α,β-unsaturated/α-hetero) is 1. The van der Waals surface area contributed by atoms with Gasteiger partial charge in [-0.25, -0.2) is 0 Å². The van der Waals surface area contributed by atoms with E-state index in [1.54, 1.807) is 0 Å². The van der Waals surface area contributed by atoms with Gasteiger partial charge in [-0.1, -0.05) is 35.9 Å². The van der Waals surface area contributed by atoms with E-state index in [1.165, 1.54) is 33.0 Å². The van der Waals surface area contributed by atoms with E-state index < -0.39 is 0 Å². The Kier molecular flexibility index (Phi) is 2.35. The van der Waals surface area contributed by atoms with Crippen LogP contribution in [0.3, 0.4) is 0 Å². The van der Waals surface area contributed by atoms with Crippen molar-refractivity contribution in [1.29, 1.82) is 0 Å². The Hall–Kier alpha value is -1.89. The lowest BCUT2D eigenvalue weighted by Crippen LogP contribution is -2.43. The molecular weight excluding hydrogens is 268 g/mol. The molecule has 2 bridgehead atoms. The smallest absolute Gasteiger partial charge is 0.144 e. The fraction of sp³-hybridized carbons (Fsp3) is 0.381. The molecule has 2 atom stereocenters. The molecule has 0 aromatic heterocycles. The number of benzene rings is 2. The zero-order valence-electron chi connectivity index (χ0n) is 13.0. The van der Waals surface area contributed by atoms with Gasteiger partial charge in [-0.2, -0.15) is 0 Å². The predicted octanol–water partition coefficient (Wildman–Crippen LogP) is 4.64. The summed E-state index contributed by atoms with van der Waals surface area (Å²) in [5.74, 6) is 1.02. The van der Waals surface area contributed by atoms with Crippen LogP contribution in [0.2, 0.25) is 0 Å². The maximum Gasteiger partial charge on any atom is 0.144 e. The summed E-state index contributed by atoms with van der Waals surface area (Å²) in [6, 6.07) is 11.2. The molecule has 2 aromatic carbocycles. The highest BCUT2D eigenvalue weighted by Crippen LogP contribution is 2.57. The molecule has 5 rings (SSSR count). The molecule has 0 heterocycles. The number of carbonyl (C=O) groups is 1. The van der Waals surface area contributed by atoms with Crippen LogP contribution in [0.15, 0.2) is 42.0 Å². The molecule has 3 aliphatic rings. The van der Waals surface area contributed by atoms with E-state index >= 15 is 0 Å². The van der Waals surface area contributed by atoms with Crippen LogP contribution in [0.5, 0.6) is 0 Å². The first kappa shape index (κ1) is 12.6. The van der Waals surface area contributed by atoms with Gasteiger partial charge >= 0.3 is 0 Å². The molecule has 2 unspecified atom stereocenters. The summed E-state index contributed by atoms with van der Waals surface area (Å²) >= 11 is 0. The van der Waals surface area contributed by atoms with Gasteiger partial charge in [0.05, 0.1) is 5.41 Å². The highest BCUT2D eigenvalue weighted by Gasteiger charge is 2.55. The highest BCUT2D eigenvalue weighted by molar-refractivity contribution is 5.97. The summed E-state index contributed by atoms with van der Waals surface area (Å²) in [6.45, 7) is 2.18. The Morgan fingerprint density at radius 1 is 1.18 bits per heavy atom. The van der Waals surface area contributed by atoms with Crippen molar-refractivity contribution in [2.45, 2.75) is 44.4 Å². The molecule has 0 saturated heterocycles. The topological polar surface area (TPSA) is 17.1 Å². The predicted molar refractivity (Wildman–Crippen MR) is 89.1 cm³/mol. The van der Waals surface area contributed by atoms with Crippen molar-refractivity contribution in [2.24, 2.45) is 5.92 Å². The maximum absolute atomic E-state index is 12.9. The number of hydrogen-bond acceptors (Lipinski definition) is 1. The molecule has 1 spiro atoms. The molecule has 0 amide bonds. The first-order valence-corrected chi connectivity index (χ1v) is 8.42. The third-order valence-corrected chi connectivity index (χ3v) is 6.32. The molecule has 1 nitrogen and oxygen atoms in total. The summed E-state index contributed by atoms with van der Waals surface area (Å²) in [5, 5.41) is 2.65. The lowest BCUT2D eigenvalue weighted by atomic mass is 9.61. The zero-order valence-corrected chi connectivity index (χ0v) is 13.0. The maximum atomic E-state index is 12.9. The van der Waals surface area contributed by atoms with Gasteiger partial charge in [0.25, 0.3) is 0 Å². The molecule has 110 valence electrons. The van der Waals surface area contributed by atoms with Crippen molar-refractivity contribution in [3.8, 4) is 0 Å². The summed E-state index contributed by atoms with van der Waals surface area (Å²) < 4.78 is 0. The number of hydrogen-bond donors (Lipinski definition) is 0. The Balaban J connectivity index is 1.81. The first-order valence-electron chi connectivity index (χ1n) is 8.42. The first-order chi connectivity index (χ1) is 10.7. The summed E-state index contributed by atoms with van der Waals surface area (Å²) in [6.07, 6.45) is 7.27. The van der Waals surface area contributed by atoms with Gasteiger partial charge < -0.3 is 0 Å². The monoisotopic (exact) mass is 288 g/mol. The normalized spacial score (nSPS) is 29.2. The standard InChI is InChI=1S/C21H20O/c1-13-3-2-4-15-11-19-16(10-18(13)15)6-8-20(22)21(19)12-14-5-7-17(21)9-14/h2-5,10-11,17H,6-9,12H2,1H3. The average molecular weight is 288 g/mol. The number of fused-ring (bicyclic) bond motifs is 6. The van der Waals surface area contributed by atoms with Crippen LogP contribution < -0.4 is 0 Å². The number of ketones is 1. The zero-order chi connectivity index (χ0) is 14.9. The molecule has 2 aromatic rings. The van der Waals surface area contributed by atoms with Gasteiger partial charge in [-0.05, 0) is 72.1 Å². The SMILES string of the molecule is Cc1cccc2cc3c(cc12)CCC(=O)C31CC2=CCC1C2. The van der Waals surface area contributed by atoms with E-state index in [0.717, 1.165) is 32.1 Å². The fourth-order valence-electron chi connectivity index (χ4n) is 5.23. The van der Waals surface area contributed by atoms with Crippen molar-refractivity contribution < 1.29 is 4.79 Å². The molecular formula is C21H20O. The Morgan fingerprint density at radius 3 is 2.86 bits per heavy atom. The number of allylic oxidation sites excluding steroid dienone is 2. The molecule has 22 heavy (non-hydrogen) atoms. The summed E-state index contributed by atoms with van der Waals surface area (Å²) in [4.78, 5) is 12.9. The van der Waals surface area contributed by atoms with Gasteiger partial charge in [0, 0.05) is 6.42 Å². The number of rotatable bonds is 0. The van der Waals surface area contributed by atoms with Crippen molar-refractivity contribution in [1.82, 2.24) is 0 Å². The van der Waals surface area contributed by atoms with Crippen LogP contribution in [0.4, 0.5) is 0 Å². The second-order valence-corrected chi connectivity index (χ2v) is 7.38. The van der Waals surface area contributed by atoms with Crippen molar-refractivity contribution in [3.05, 3.63) is 58.7 Å². The quantitative estimate of drug-likeness (QED) is 0.645. The van der Waals surface area contributed by atoms with Crippen LogP contribution in [0.1, 0.15) is 42.4 Å². The molecule has 1 saturated carbocycles. The van der Waals surface area contributed by atoms with Crippen molar-refractivity contribution >= 4 is 16.6 Å². The third kappa shape index (κ3) is 1.42. The second kappa shape index (κ2) is 4.10. The van der Waals surface area contributed by atoms with E-state index in [2.05, 4.69) is 43.3 Å². The summed E-state index contributed by atoms with van der Waals surface area (Å²) in [7, 11) is 0. The largest absolute Gasteiger partial charge is 0.299 e. The van der Waals surface area contributed by atoms with Gasteiger partial charge in [-0.15, -0.1) is 0 Å². The van der Waals surface area contributed by atoms with Crippen molar-refractivity contribution in [2.75, 3.05) is 0 Å². The lowest BCUT2D eigenvalue weighted by molar-refractivity contribution is -0.126. The van der Waals surface area contributed by atoms with Gasteiger partial charge in [0.2, 0.25) is 0 Å². The molecule has 1 heteroatoms. The van der Waals surface area contributed by atoms with Gasteiger partial charge in [-0.3, -0.25) is 4.79 Å². The average Bonchev–Trinajstić information content (AvgIpc) is 3.13. The van der Waals surface area contributed by atoms with E-state index in [9.17, 15) is 4.79 Å². The Labute approximate surface area is 131 Å². The van der Waals surface area contributed by atoms with E-state index in [-0.39, 0.29) is 5.41 Å². The Bertz CT molecular complexity index is 858. The van der Waals surface area contributed by atoms with E-state index in [1.807, 2.05) is 0 Å². The number of carbonyl (C=O) groups excluding carboxylic acids is 1. The molecule has 0 aliphatic heterocycles. The van der Waals surface area contributed by atoms with E-state index in [4.69, 9.17) is 0 Å². The molecule has 0 radical (unpaired) electrons. The fourth-order valence-corrected chi connectivity index (χ4v) is 5.23. The molecule has 3 aliphatic carbocycles. The molecule has 0 N–H and O–H groups in total. The molecule has 1 fully saturated rings. The Morgan fingerprint density at radius 2 is 2.09 bits per heavy atom. The third-order valence-electron chi connectivity index (χ3n) is 6.32. The van der Waals surface area contributed by atoms with Gasteiger partial charge in [0.1, 0.15) is 5.78 Å². The van der Waals surface area contributed by atoms with E-state index in [0.29, 0.717) is 11.7 Å². The van der Waals surface area contributed by atoms with Crippen LogP contribution >= 0.6 is 0 Å². The minimum Gasteiger partial charge on any atom is -0.299 e. The minimum absolute atomic E-state index is 0.185. The van der Waals surface area contributed by atoms with Gasteiger partial charge in [0.15, 0.2) is 0 Å². The van der Waals surface area contributed by atoms with Crippen LogP contribution in [-0.4, -0.2) is 5.78 Å². The minimum atomic E-state index is -0.185. The highest BCUT2D eigenvalue weighted by atomic mass is 16.1. The van der Waals surface area contributed by atoms with Crippen LogP contribution in [0, 0.1) is 12.8 Å². The summed E-state index contributed by atoms with van der Waals surface area (Å²) in [5.41, 5.74) is 5.46. The lowest BCUT2D eigenvalue weighted by Gasteiger charge is -2.40.